The van der Waals surface area contributed by atoms with Gasteiger partial charge < -0.3 is 10.3 Å². The molecule has 0 unspecified atom stereocenters. The van der Waals surface area contributed by atoms with Crippen molar-refractivity contribution in [3.8, 4) is 0 Å². The number of para-hydroxylation sites is 1. The van der Waals surface area contributed by atoms with Crippen molar-refractivity contribution in [2.75, 3.05) is 0 Å². The summed E-state index contributed by atoms with van der Waals surface area (Å²) in [4.78, 5) is 11.0. The van der Waals surface area contributed by atoms with Gasteiger partial charge >= 0.3 is 0 Å². The van der Waals surface area contributed by atoms with Crippen molar-refractivity contribution in [3.05, 3.63) is 34.5 Å². The molecule has 2 rings (SSSR count). The minimum absolute atomic E-state index is 0.253. The average molecular weight is 237 g/mol. The highest BCUT2D eigenvalue weighted by molar-refractivity contribution is 6.35. The molecule has 0 aliphatic carbocycles. The van der Waals surface area contributed by atoms with E-state index in [1.165, 1.54) is 0 Å². The van der Waals surface area contributed by atoms with E-state index in [1.807, 2.05) is 36.7 Å². The third kappa shape index (κ3) is 1.57. The molecule has 4 heteroatoms. The van der Waals surface area contributed by atoms with Crippen LogP contribution in [0.2, 0.25) is 5.02 Å². The largest absolute Gasteiger partial charge is 0.369 e. The topological polar surface area (TPSA) is 48.0 Å². The van der Waals surface area contributed by atoms with Crippen molar-refractivity contribution < 1.29 is 4.79 Å². The van der Waals surface area contributed by atoms with Gasteiger partial charge in [0.05, 0.1) is 17.0 Å². The molecule has 1 aromatic carbocycles. The van der Waals surface area contributed by atoms with E-state index < -0.39 is 0 Å². The molecule has 2 N–H and O–H groups in total. The summed E-state index contributed by atoms with van der Waals surface area (Å²) in [5, 5.41) is 1.70. The lowest BCUT2D eigenvalue weighted by Gasteiger charge is -2.00. The summed E-state index contributed by atoms with van der Waals surface area (Å²) in [5.74, 6) is -0.324. The molecular formula is C12H13ClN2O. The molecule has 84 valence electrons. The smallest absolute Gasteiger partial charge is 0.221 e. The number of fused-ring (bicyclic) bond motifs is 1. The second kappa shape index (κ2) is 3.83. The molecule has 3 nitrogen and oxygen atoms in total. The molecule has 2 aromatic rings. The van der Waals surface area contributed by atoms with Crippen molar-refractivity contribution in [2.45, 2.75) is 13.3 Å². The van der Waals surface area contributed by atoms with Crippen molar-refractivity contribution in [3.63, 3.8) is 0 Å². The number of carbonyl (C=O) groups is 1. The maximum Gasteiger partial charge on any atom is 0.221 e. The molecule has 0 spiro atoms. The summed E-state index contributed by atoms with van der Waals surface area (Å²) in [7, 11) is 1.94. The molecule has 0 saturated heterocycles. The normalized spacial score (nSPS) is 10.9. The van der Waals surface area contributed by atoms with E-state index in [2.05, 4.69) is 0 Å². The zero-order chi connectivity index (χ0) is 11.9. The minimum Gasteiger partial charge on any atom is -0.369 e. The molecule has 0 aliphatic heterocycles. The molecule has 0 radical (unpaired) electrons. The Balaban J connectivity index is 2.79. The predicted octanol–water partition coefficient (Wildman–Crippen LogP) is 2.17. The van der Waals surface area contributed by atoms with Gasteiger partial charge in [-0.15, -0.1) is 0 Å². The lowest BCUT2D eigenvalue weighted by molar-refractivity contribution is -0.117. The maximum absolute atomic E-state index is 11.0. The van der Waals surface area contributed by atoms with Gasteiger partial charge in [0.2, 0.25) is 5.91 Å². The van der Waals surface area contributed by atoms with Crippen LogP contribution in [-0.4, -0.2) is 10.5 Å². The van der Waals surface area contributed by atoms with Crippen LogP contribution in [-0.2, 0) is 18.3 Å². The molecule has 0 saturated carbocycles. The predicted molar refractivity (Wildman–Crippen MR) is 65.6 cm³/mol. The number of aromatic nitrogens is 1. The molecule has 0 bridgehead atoms. The van der Waals surface area contributed by atoms with Crippen molar-refractivity contribution in [2.24, 2.45) is 12.8 Å². The van der Waals surface area contributed by atoms with E-state index >= 15 is 0 Å². The van der Waals surface area contributed by atoms with E-state index in [9.17, 15) is 4.79 Å². The molecule has 0 aliphatic rings. The van der Waals surface area contributed by atoms with Crippen LogP contribution in [0.15, 0.2) is 18.2 Å². The number of nitrogens with zero attached hydrogens (tertiary/aromatic N) is 1. The van der Waals surface area contributed by atoms with Crippen LogP contribution in [0.5, 0.6) is 0 Å². The zero-order valence-corrected chi connectivity index (χ0v) is 10.0. The summed E-state index contributed by atoms with van der Waals surface area (Å²) >= 11 is 6.15. The van der Waals surface area contributed by atoms with Crippen molar-refractivity contribution >= 4 is 28.4 Å². The molecular weight excluding hydrogens is 224 g/mol. The van der Waals surface area contributed by atoms with Gasteiger partial charge in [-0.2, -0.15) is 0 Å². The van der Waals surface area contributed by atoms with Crippen LogP contribution in [0, 0.1) is 6.92 Å². The molecule has 0 fully saturated rings. The van der Waals surface area contributed by atoms with Crippen LogP contribution in [0.4, 0.5) is 0 Å². The van der Waals surface area contributed by atoms with Crippen LogP contribution in [0.25, 0.3) is 10.9 Å². The number of aryl methyl sites for hydroxylation is 1. The van der Waals surface area contributed by atoms with Crippen LogP contribution in [0.1, 0.15) is 11.3 Å². The number of carbonyl (C=O) groups excluding carboxylic acids is 1. The Hall–Kier alpha value is -1.48. The van der Waals surface area contributed by atoms with Gasteiger partial charge in [0.15, 0.2) is 0 Å². The summed E-state index contributed by atoms with van der Waals surface area (Å²) in [6.45, 7) is 1.97. The third-order valence-corrected chi connectivity index (χ3v) is 3.24. The lowest BCUT2D eigenvalue weighted by Crippen LogP contribution is -2.14. The van der Waals surface area contributed by atoms with Gasteiger partial charge in [-0.05, 0) is 18.6 Å². The SMILES string of the molecule is Cc1c(CC(N)=O)c2cccc(Cl)c2n1C. The van der Waals surface area contributed by atoms with Crippen molar-refractivity contribution in [1.29, 1.82) is 0 Å². The molecule has 0 atom stereocenters. The average Bonchev–Trinajstić information content (AvgIpc) is 2.44. The highest BCUT2D eigenvalue weighted by Crippen LogP contribution is 2.30. The molecule has 1 amide bonds. The monoisotopic (exact) mass is 236 g/mol. The molecule has 1 heterocycles. The number of rotatable bonds is 2. The minimum atomic E-state index is -0.324. The fraction of sp³-hybridized carbons (Fsp3) is 0.250. The Morgan fingerprint density at radius 1 is 1.50 bits per heavy atom. The second-order valence-corrected chi connectivity index (χ2v) is 4.31. The van der Waals surface area contributed by atoms with Crippen molar-refractivity contribution in [1.82, 2.24) is 4.57 Å². The molecule has 16 heavy (non-hydrogen) atoms. The standard InChI is InChI=1S/C12H13ClN2O/c1-7-9(6-11(14)16)8-4-3-5-10(13)12(8)15(7)2/h3-5H,6H2,1-2H3,(H2,14,16). The first-order chi connectivity index (χ1) is 7.52. The van der Waals surface area contributed by atoms with Gasteiger partial charge in [-0.3, -0.25) is 4.79 Å². The second-order valence-electron chi connectivity index (χ2n) is 3.90. The Labute approximate surface area is 98.8 Å². The number of hydrogen-bond donors (Lipinski definition) is 1. The van der Waals surface area contributed by atoms with Crippen LogP contribution < -0.4 is 5.73 Å². The maximum atomic E-state index is 11.0. The fourth-order valence-electron chi connectivity index (χ4n) is 2.06. The number of primary amides is 1. The van der Waals surface area contributed by atoms with Gasteiger partial charge in [-0.1, -0.05) is 23.7 Å². The Morgan fingerprint density at radius 2 is 2.19 bits per heavy atom. The zero-order valence-electron chi connectivity index (χ0n) is 9.25. The highest BCUT2D eigenvalue weighted by atomic mass is 35.5. The van der Waals surface area contributed by atoms with Gasteiger partial charge in [-0.25, -0.2) is 0 Å². The number of halogens is 1. The highest BCUT2D eigenvalue weighted by Gasteiger charge is 2.15. The fourth-order valence-corrected chi connectivity index (χ4v) is 2.36. The first-order valence-electron chi connectivity index (χ1n) is 5.03. The first kappa shape index (κ1) is 11.0. The third-order valence-electron chi connectivity index (χ3n) is 2.94. The number of benzene rings is 1. The first-order valence-corrected chi connectivity index (χ1v) is 5.41. The van der Waals surface area contributed by atoms with E-state index in [0.29, 0.717) is 5.02 Å². The summed E-state index contributed by atoms with van der Waals surface area (Å²) in [6, 6.07) is 5.69. The van der Waals surface area contributed by atoms with E-state index in [4.69, 9.17) is 17.3 Å². The summed E-state index contributed by atoms with van der Waals surface area (Å²) in [6.07, 6.45) is 0.253. The van der Waals surface area contributed by atoms with E-state index in [1.54, 1.807) is 0 Å². The van der Waals surface area contributed by atoms with Gasteiger partial charge in [0.1, 0.15) is 0 Å². The molecule has 1 aromatic heterocycles. The Morgan fingerprint density at radius 3 is 2.81 bits per heavy atom. The van der Waals surface area contributed by atoms with E-state index in [-0.39, 0.29) is 12.3 Å². The van der Waals surface area contributed by atoms with Crippen LogP contribution in [0.3, 0.4) is 0 Å². The Bertz CT molecular complexity index is 572. The lowest BCUT2D eigenvalue weighted by atomic mass is 10.1. The van der Waals surface area contributed by atoms with Gasteiger partial charge in [0.25, 0.3) is 0 Å². The number of nitrogens with two attached hydrogens (primary N) is 1. The van der Waals surface area contributed by atoms with Gasteiger partial charge in [0, 0.05) is 18.1 Å². The van der Waals surface area contributed by atoms with E-state index in [0.717, 1.165) is 22.2 Å². The summed E-state index contributed by atoms with van der Waals surface area (Å²) < 4.78 is 2.00. The number of hydrogen-bond acceptors (Lipinski definition) is 1. The Kier molecular flexibility index (Phi) is 2.64. The van der Waals surface area contributed by atoms with Crippen LogP contribution >= 0.6 is 11.6 Å². The number of amides is 1. The quantitative estimate of drug-likeness (QED) is 0.854. The summed E-state index contributed by atoms with van der Waals surface area (Å²) in [5.41, 5.74) is 8.20.